The van der Waals surface area contributed by atoms with Gasteiger partial charge < -0.3 is 20.9 Å². The van der Waals surface area contributed by atoms with Gasteiger partial charge in [0, 0.05) is 18.7 Å². The standard InChI is InChI=1S/C26H27F2N5O3/c1-25(2,3)12-20(31-24(36)32-21-17(27)8-6-9-18(21)28)22(34)33-14-26(11-15(33)13-29)16-7-4-5-10-19(16)30-23(26)35/h4-10,15,20H,11-12,14H2,1-3H3,(H,30,35)(H2,31,32,36)/t15-,20-,26-/m0/s1. The van der Waals surface area contributed by atoms with Crippen molar-refractivity contribution in [1.29, 1.82) is 5.26 Å². The van der Waals surface area contributed by atoms with Gasteiger partial charge in [0.25, 0.3) is 0 Å². The monoisotopic (exact) mass is 495 g/mol. The third kappa shape index (κ3) is 4.61. The Labute approximate surface area is 207 Å². The highest BCUT2D eigenvalue weighted by Crippen LogP contribution is 2.46. The van der Waals surface area contributed by atoms with Crippen LogP contribution in [-0.2, 0) is 15.0 Å². The Morgan fingerprint density at radius 1 is 1.19 bits per heavy atom. The normalized spacial score (nSPS) is 21.5. The van der Waals surface area contributed by atoms with E-state index < -0.39 is 52.2 Å². The molecule has 2 aromatic carbocycles. The van der Waals surface area contributed by atoms with Crippen LogP contribution in [0.25, 0.3) is 0 Å². The van der Waals surface area contributed by atoms with Crippen molar-refractivity contribution in [2.24, 2.45) is 5.41 Å². The van der Waals surface area contributed by atoms with Crippen molar-refractivity contribution in [3.63, 3.8) is 0 Å². The van der Waals surface area contributed by atoms with Gasteiger partial charge in [-0.2, -0.15) is 5.26 Å². The molecule has 0 saturated carbocycles. The first kappa shape index (κ1) is 25.1. The Bertz CT molecular complexity index is 1250. The Balaban J connectivity index is 1.60. The van der Waals surface area contributed by atoms with Crippen molar-refractivity contribution in [3.8, 4) is 6.07 Å². The molecule has 1 fully saturated rings. The van der Waals surface area contributed by atoms with Crippen LogP contribution in [0.15, 0.2) is 42.5 Å². The van der Waals surface area contributed by atoms with Gasteiger partial charge in [-0.1, -0.05) is 45.0 Å². The molecular weight excluding hydrogens is 468 g/mol. The Morgan fingerprint density at radius 2 is 1.86 bits per heavy atom. The van der Waals surface area contributed by atoms with Crippen LogP contribution in [0.2, 0.25) is 0 Å². The number of hydrogen-bond donors (Lipinski definition) is 3. The van der Waals surface area contributed by atoms with Crippen molar-refractivity contribution >= 4 is 29.2 Å². The molecule has 0 bridgehead atoms. The number of urea groups is 1. The van der Waals surface area contributed by atoms with Crippen LogP contribution in [0.1, 0.15) is 39.2 Å². The fourth-order valence-corrected chi connectivity index (χ4v) is 4.92. The number of para-hydroxylation sites is 2. The van der Waals surface area contributed by atoms with Gasteiger partial charge in [-0.3, -0.25) is 9.59 Å². The SMILES string of the molecule is CC(C)(C)C[C@H](NC(=O)Nc1c(F)cccc1F)C(=O)N1C[C@]2(C[C@H]1C#N)C(=O)Nc1ccccc12. The second-order valence-electron chi connectivity index (χ2n) is 10.4. The van der Waals surface area contributed by atoms with Crippen molar-refractivity contribution in [2.75, 3.05) is 17.2 Å². The Hall–Kier alpha value is -4.00. The quantitative estimate of drug-likeness (QED) is 0.597. The third-order valence-corrected chi connectivity index (χ3v) is 6.54. The summed E-state index contributed by atoms with van der Waals surface area (Å²) >= 11 is 0. The summed E-state index contributed by atoms with van der Waals surface area (Å²) in [5.41, 5.74) is -0.764. The summed E-state index contributed by atoms with van der Waals surface area (Å²) in [6.45, 7) is 5.59. The highest BCUT2D eigenvalue weighted by Gasteiger charge is 2.56. The van der Waals surface area contributed by atoms with E-state index in [4.69, 9.17) is 0 Å². The number of nitrogens with one attached hydrogen (secondary N) is 3. The second-order valence-corrected chi connectivity index (χ2v) is 10.4. The zero-order valence-corrected chi connectivity index (χ0v) is 20.2. The lowest BCUT2D eigenvalue weighted by molar-refractivity contribution is -0.134. The predicted molar refractivity (Wildman–Crippen MR) is 129 cm³/mol. The molecule has 2 aliphatic rings. The van der Waals surface area contributed by atoms with E-state index in [2.05, 4.69) is 22.0 Å². The Morgan fingerprint density at radius 3 is 2.50 bits per heavy atom. The molecule has 0 aliphatic carbocycles. The number of nitriles is 1. The topological polar surface area (TPSA) is 114 Å². The molecule has 2 heterocycles. The second kappa shape index (κ2) is 9.22. The number of amides is 4. The van der Waals surface area contributed by atoms with E-state index in [-0.39, 0.29) is 25.3 Å². The van der Waals surface area contributed by atoms with Crippen LogP contribution in [0, 0.1) is 28.4 Å². The van der Waals surface area contributed by atoms with Gasteiger partial charge in [0.1, 0.15) is 29.4 Å². The highest BCUT2D eigenvalue weighted by atomic mass is 19.1. The van der Waals surface area contributed by atoms with Crippen LogP contribution in [0.5, 0.6) is 0 Å². The van der Waals surface area contributed by atoms with Crippen LogP contribution in [-0.4, -0.2) is 41.4 Å². The molecular formula is C26H27F2N5O3. The third-order valence-electron chi connectivity index (χ3n) is 6.54. The molecule has 4 rings (SSSR count). The summed E-state index contributed by atoms with van der Waals surface area (Å²) < 4.78 is 28.0. The predicted octanol–water partition coefficient (Wildman–Crippen LogP) is 3.91. The molecule has 0 unspecified atom stereocenters. The van der Waals surface area contributed by atoms with Crippen LogP contribution < -0.4 is 16.0 Å². The van der Waals surface area contributed by atoms with Gasteiger partial charge in [-0.05, 0) is 35.6 Å². The minimum atomic E-state index is -1.11. The lowest BCUT2D eigenvalue weighted by Crippen LogP contribution is -2.53. The largest absolute Gasteiger partial charge is 0.326 e. The summed E-state index contributed by atoms with van der Waals surface area (Å²) in [6, 6.07) is 9.48. The molecule has 1 spiro atoms. The maximum atomic E-state index is 14.0. The van der Waals surface area contributed by atoms with Crippen LogP contribution in [0.4, 0.5) is 25.0 Å². The molecule has 1 saturated heterocycles. The molecule has 188 valence electrons. The van der Waals surface area contributed by atoms with Crippen molar-refractivity contribution in [3.05, 3.63) is 59.7 Å². The van der Waals surface area contributed by atoms with Crippen molar-refractivity contribution in [1.82, 2.24) is 10.2 Å². The van der Waals surface area contributed by atoms with Crippen molar-refractivity contribution < 1.29 is 23.2 Å². The summed E-state index contributed by atoms with van der Waals surface area (Å²) in [5, 5.41) is 17.3. The van der Waals surface area contributed by atoms with Crippen molar-refractivity contribution in [2.45, 2.75) is 51.1 Å². The summed E-state index contributed by atoms with van der Waals surface area (Å²) in [7, 11) is 0. The molecule has 2 aromatic rings. The minimum Gasteiger partial charge on any atom is -0.326 e. The average Bonchev–Trinajstić information content (AvgIpc) is 3.33. The number of nitrogens with zero attached hydrogens (tertiary/aromatic N) is 2. The molecule has 0 radical (unpaired) electrons. The molecule has 0 aromatic heterocycles. The number of hydrogen-bond acceptors (Lipinski definition) is 4. The van der Waals surface area contributed by atoms with E-state index in [0.29, 0.717) is 5.69 Å². The molecule has 10 heteroatoms. The van der Waals surface area contributed by atoms with Gasteiger partial charge in [-0.15, -0.1) is 0 Å². The molecule has 36 heavy (non-hydrogen) atoms. The van der Waals surface area contributed by atoms with E-state index in [9.17, 15) is 28.4 Å². The number of benzene rings is 2. The number of rotatable bonds is 4. The lowest BCUT2D eigenvalue weighted by atomic mass is 9.80. The minimum absolute atomic E-state index is 0.0290. The summed E-state index contributed by atoms with van der Waals surface area (Å²) in [5.74, 6) is -2.75. The van der Waals surface area contributed by atoms with Crippen LogP contribution >= 0.6 is 0 Å². The number of anilines is 2. The number of halogens is 2. The lowest BCUT2D eigenvalue weighted by Gasteiger charge is -2.31. The van der Waals surface area contributed by atoms with E-state index in [0.717, 1.165) is 17.7 Å². The smallest absolute Gasteiger partial charge is 0.320 e. The fourth-order valence-electron chi connectivity index (χ4n) is 4.92. The molecule has 2 aliphatic heterocycles. The van der Waals surface area contributed by atoms with Gasteiger partial charge in [0.2, 0.25) is 11.8 Å². The maximum absolute atomic E-state index is 14.0. The summed E-state index contributed by atoms with van der Waals surface area (Å²) in [4.78, 5) is 40.8. The van der Waals surface area contributed by atoms with Gasteiger partial charge in [0.05, 0.1) is 11.5 Å². The zero-order chi connectivity index (χ0) is 26.3. The average molecular weight is 496 g/mol. The van der Waals surface area contributed by atoms with Crippen LogP contribution in [0.3, 0.4) is 0 Å². The van der Waals surface area contributed by atoms with Gasteiger partial charge in [0.15, 0.2) is 0 Å². The molecule has 3 N–H and O–H groups in total. The molecule has 3 atom stereocenters. The van der Waals surface area contributed by atoms with Gasteiger partial charge in [-0.25, -0.2) is 13.6 Å². The number of carbonyl (C=O) groups excluding carboxylic acids is 3. The first-order valence-electron chi connectivity index (χ1n) is 11.6. The van der Waals surface area contributed by atoms with E-state index in [1.165, 1.54) is 11.0 Å². The molecule has 8 nitrogen and oxygen atoms in total. The fraction of sp³-hybridized carbons (Fsp3) is 0.385. The maximum Gasteiger partial charge on any atom is 0.320 e. The first-order chi connectivity index (χ1) is 16.9. The number of carbonyl (C=O) groups is 3. The van der Waals surface area contributed by atoms with E-state index in [1.807, 2.05) is 20.8 Å². The van der Waals surface area contributed by atoms with Gasteiger partial charge >= 0.3 is 6.03 Å². The zero-order valence-electron chi connectivity index (χ0n) is 20.2. The number of fused-ring (bicyclic) bond motifs is 2. The Kier molecular flexibility index (Phi) is 6.43. The van der Waals surface area contributed by atoms with E-state index in [1.54, 1.807) is 24.3 Å². The highest BCUT2D eigenvalue weighted by molar-refractivity contribution is 6.07. The van der Waals surface area contributed by atoms with E-state index >= 15 is 0 Å². The first-order valence-corrected chi connectivity index (χ1v) is 11.6. The summed E-state index contributed by atoms with van der Waals surface area (Å²) in [6.07, 6.45) is 0.302. The molecule has 4 amide bonds. The number of likely N-dealkylation sites (tertiary alicyclic amines) is 1.